The molecule has 21 heavy (non-hydrogen) atoms. The Labute approximate surface area is 126 Å². The smallest absolute Gasteiger partial charge is 0.338 e. The van der Waals surface area contributed by atoms with E-state index >= 15 is 0 Å². The molecule has 3 N–H and O–H groups in total. The van der Waals surface area contributed by atoms with Crippen molar-refractivity contribution in [1.82, 2.24) is 5.43 Å². The molecule has 0 atom stereocenters. The van der Waals surface area contributed by atoms with Gasteiger partial charge in [0.15, 0.2) is 5.11 Å². The number of rotatable bonds is 4. The number of furan rings is 1. The zero-order valence-electron chi connectivity index (χ0n) is 11.2. The number of hydrazone groups is 1. The van der Waals surface area contributed by atoms with Gasteiger partial charge in [-0.2, -0.15) is 5.10 Å². The molecule has 1 heterocycles. The van der Waals surface area contributed by atoms with Crippen molar-refractivity contribution >= 4 is 29.5 Å². The van der Waals surface area contributed by atoms with Gasteiger partial charge in [0, 0.05) is 5.56 Å². The summed E-state index contributed by atoms with van der Waals surface area (Å²) in [5.74, 6) is 0.605. The monoisotopic (exact) mass is 303 g/mol. The summed E-state index contributed by atoms with van der Waals surface area (Å²) >= 11 is 4.62. The second-order valence-electron chi connectivity index (χ2n) is 3.97. The first-order valence-electron chi connectivity index (χ1n) is 5.98. The molecule has 0 bridgehead atoms. The number of thiocarbonyl (C=S) groups is 1. The summed E-state index contributed by atoms with van der Waals surface area (Å²) in [5, 5.41) is 3.86. The van der Waals surface area contributed by atoms with Crippen molar-refractivity contribution < 1.29 is 13.9 Å². The van der Waals surface area contributed by atoms with Gasteiger partial charge in [-0.3, -0.25) is 5.43 Å². The summed E-state index contributed by atoms with van der Waals surface area (Å²) in [5.41, 5.74) is 8.75. The van der Waals surface area contributed by atoms with Gasteiger partial charge in [-0.05, 0) is 30.4 Å². The first-order chi connectivity index (χ1) is 10.1. The standard InChI is InChI=1S/C14H13N3O3S/c1-19-13(18)11-5-3-2-4-10(11)12-7-6-9(20-12)8-16-17-14(15)21/h2-8H,1H3,(H3,15,17,21). The van der Waals surface area contributed by atoms with Crippen LogP contribution in [0, 0.1) is 0 Å². The number of hydrogen-bond donors (Lipinski definition) is 2. The summed E-state index contributed by atoms with van der Waals surface area (Å²) in [6.45, 7) is 0. The van der Waals surface area contributed by atoms with Gasteiger partial charge in [0.05, 0.1) is 18.9 Å². The highest BCUT2D eigenvalue weighted by atomic mass is 32.1. The highest BCUT2D eigenvalue weighted by molar-refractivity contribution is 7.80. The third-order valence-electron chi connectivity index (χ3n) is 2.59. The Bertz CT molecular complexity index is 694. The van der Waals surface area contributed by atoms with Crippen molar-refractivity contribution in [1.29, 1.82) is 0 Å². The van der Waals surface area contributed by atoms with Crippen molar-refractivity contribution in [2.24, 2.45) is 10.8 Å². The summed E-state index contributed by atoms with van der Waals surface area (Å²) in [6, 6.07) is 10.5. The van der Waals surface area contributed by atoms with Crippen molar-refractivity contribution in [2.45, 2.75) is 0 Å². The molecule has 0 saturated heterocycles. The van der Waals surface area contributed by atoms with Gasteiger partial charge in [-0.25, -0.2) is 4.79 Å². The number of ether oxygens (including phenoxy) is 1. The summed E-state index contributed by atoms with van der Waals surface area (Å²) in [6.07, 6.45) is 1.43. The maximum Gasteiger partial charge on any atom is 0.338 e. The molecule has 0 amide bonds. The minimum atomic E-state index is -0.424. The number of carbonyl (C=O) groups excluding carboxylic acids is 1. The number of nitrogens with two attached hydrogens (primary N) is 1. The molecule has 0 aliphatic heterocycles. The third-order valence-corrected chi connectivity index (χ3v) is 2.68. The summed E-state index contributed by atoms with van der Waals surface area (Å²) < 4.78 is 10.4. The number of methoxy groups -OCH3 is 1. The van der Waals surface area contributed by atoms with Crippen LogP contribution in [0.1, 0.15) is 16.1 Å². The van der Waals surface area contributed by atoms with Crippen molar-refractivity contribution in [2.75, 3.05) is 7.11 Å². The zero-order valence-corrected chi connectivity index (χ0v) is 12.0. The normalized spacial score (nSPS) is 10.5. The van der Waals surface area contributed by atoms with Crippen LogP contribution < -0.4 is 11.2 Å². The van der Waals surface area contributed by atoms with Crippen LogP contribution in [0.2, 0.25) is 0 Å². The number of esters is 1. The maximum absolute atomic E-state index is 11.7. The Hall–Kier alpha value is -2.67. The van der Waals surface area contributed by atoms with Crippen molar-refractivity contribution in [3.8, 4) is 11.3 Å². The van der Waals surface area contributed by atoms with Crippen LogP contribution in [0.3, 0.4) is 0 Å². The number of nitrogens with zero attached hydrogens (tertiary/aromatic N) is 1. The number of carbonyl (C=O) groups is 1. The molecular formula is C14H13N3O3S. The van der Waals surface area contributed by atoms with E-state index in [0.717, 1.165) is 0 Å². The molecule has 0 aliphatic carbocycles. The molecule has 6 nitrogen and oxygen atoms in total. The third kappa shape index (κ3) is 3.67. The van der Waals surface area contributed by atoms with Gasteiger partial charge in [-0.1, -0.05) is 18.2 Å². The molecule has 0 saturated carbocycles. The quantitative estimate of drug-likeness (QED) is 0.388. The van der Waals surface area contributed by atoms with Crippen LogP contribution in [-0.2, 0) is 4.74 Å². The van der Waals surface area contributed by atoms with E-state index in [1.54, 1.807) is 30.3 Å². The molecular weight excluding hydrogens is 290 g/mol. The van der Waals surface area contributed by atoms with Crippen LogP contribution in [0.5, 0.6) is 0 Å². The second-order valence-corrected chi connectivity index (χ2v) is 4.41. The molecule has 1 aromatic carbocycles. The number of hydrogen-bond acceptors (Lipinski definition) is 5. The van der Waals surface area contributed by atoms with Crippen LogP contribution in [-0.4, -0.2) is 24.4 Å². The van der Waals surface area contributed by atoms with Gasteiger partial charge in [0.2, 0.25) is 0 Å². The average molecular weight is 303 g/mol. The fraction of sp³-hybridized carbons (Fsp3) is 0.0714. The molecule has 0 aliphatic rings. The van der Waals surface area contributed by atoms with E-state index in [0.29, 0.717) is 22.6 Å². The van der Waals surface area contributed by atoms with Gasteiger partial charge in [0.25, 0.3) is 0 Å². The van der Waals surface area contributed by atoms with E-state index in [4.69, 9.17) is 14.9 Å². The van der Waals surface area contributed by atoms with E-state index in [9.17, 15) is 4.79 Å². The van der Waals surface area contributed by atoms with E-state index in [1.165, 1.54) is 13.3 Å². The van der Waals surface area contributed by atoms with Gasteiger partial charge in [-0.15, -0.1) is 0 Å². The molecule has 0 radical (unpaired) electrons. The van der Waals surface area contributed by atoms with Crippen LogP contribution in [0.25, 0.3) is 11.3 Å². The Morgan fingerprint density at radius 1 is 1.38 bits per heavy atom. The highest BCUT2D eigenvalue weighted by Gasteiger charge is 2.14. The van der Waals surface area contributed by atoms with E-state index in [1.807, 2.05) is 6.07 Å². The first kappa shape index (κ1) is 14.7. The summed E-state index contributed by atoms with van der Waals surface area (Å²) in [4.78, 5) is 11.7. The van der Waals surface area contributed by atoms with Gasteiger partial charge >= 0.3 is 5.97 Å². The number of benzene rings is 1. The predicted octanol–water partition coefficient (Wildman–Crippen LogP) is 1.90. The number of nitrogens with one attached hydrogen (secondary N) is 1. The zero-order chi connectivity index (χ0) is 15.2. The molecule has 0 unspecified atom stereocenters. The molecule has 0 spiro atoms. The van der Waals surface area contributed by atoms with Crippen molar-refractivity contribution in [3.05, 3.63) is 47.7 Å². The molecule has 108 valence electrons. The Kier molecular flexibility index (Phi) is 4.68. The van der Waals surface area contributed by atoms with Crippen LogP contribution in [0.4, 0.5) is 0 Å². The van der Waals surface area contributed by atoms with E-state index < -0.39 is 5.97 Å². The molecule has 2 rings (SSSR count). The van der Waals surface area contributed by atoms with Gasteiger partial charge in [0.1, 0.15) is 11.5 Å². The summed E-state index contributed by atoms with van der Waals surface area (Å²) in [7, 11) is 1.33. The van der Waals surface area contributed by atoms with Crippen LogP contribution >= 0.6 is 12.2 Å². The molecule has 7 heteroatoms. The molecule has 0 fully saturated rings. The molecule has 2 aromatic rings. The van der Waals surface area contributed by atoms with Crippen LogP contribution in [0.15, 0.2) is 45.9 Å². The molecule has 1 aromatic heterocycles. The average Bonchev–Trinajstić information content (AvgIpc) is 2.95. The lowest BCUT2D eigenvalue weighted by atomic mass is 10.1. The lowest BCUT2D eigenvalue weighted by molar-refractivity contribution is 0.0601. The van der Waals surface area contributed by atoms with Gasteiger partial charge < -0.3 is 14.9 Å². The predicted molar refractivity (Wildman–Crippen MR) is 83.0 cm³/mol. The largest absolute Gasteiger partial charge is 0.465 e. The van der Waals surface area contributed by atoms with E-state index in [2.05, 4.69) is 22.7 Å². The fourth-order valence-electron chi connectivity index (χ4n) is 1.71. The fourth-order valence-corrected chi connectivity index (χ4v) is 1.77. The van der Waals surface area contributed by atoms with E-state index in [-0.39, 0.29) is 5.11 Å². The maximum atomic E-state index is 11.7. The topological polar surface area (TPSA) is 89.8 Å². The lowest BCUT2D eigenvalue weighted by Gasteiger charge is -2.04. The highest BCUT2D eigenvalue weighted by Crippen LogP contribution is 2.25. The van der Waals surface area contributed by atoms with Crippen molar-refractivity contribution in [3.63, 3.8) is 0 Å². The Morgan fingerprint density at radius 3 is 2.86 bits per heavy atom. The SMILES string of the molecule is COC(=O)c1ccccc1-c1ccc(C=NNC(N)=S)o1. The Morgan fingerprint density at radius 2 is 2.14 bits per heavy atom. The lowest BCUT2D eigenvalue weighted by Crippen LogP contribution is -2.23. The minimum Gasteiger partial charge on any atom is -0.465 e. The second kappa shape index (κ2) is 6.67. The minimum absolute atomic E-state index is 0.0640. The Balaban J connectivity index is 2.28. The first-order valence-corrected chi connectivity index (χ1v) is 6.38.